The summed E-state index contributed by atoms with van der Waals surface area (Å²) in [7, 11) is -3.82. The molecule has 0 aliphatic carbocycles. The second kappa shape index (κ2) is 9.02. The number of fused-ring (bicyclic) bond motifs is 1. The van der Waals surface area contributed by atoms with Crippen LogP contribution < -0.4 is 14.4 Å². The number of phenolic OH excluding ortho intramolecular Hbond substituents is 1. The van der Waals surface area contributed by atoms with Crippen molar-refractivity contribution in [1.82, 2.24) is 15.5 Å². The molecule has 4 rings (SSSR count). The van der Waals surface area contributed by atoms with Crippen molar-refractivity contribution in [3.05, 3.63) is 42.5 Å². The van der Waals surface area contributed by atoms with Crippen LogP contribution in [0.5, 0.6) is 11.5 Å². The second-order valence-electron chi connectivity index (χ2n) is 10.7. The molecular weight excluding hydrogens is 509 g/mol. The Hall–Kier alpha value is -3.12. The van der Waals surface area contributed by atoms with Crippen molar-refractivity contribution in [2.45, 2.75) is 63.2 Å². The summed E-state index contributed by atoms with van der Waals surface area (Å²) >= 11 is 0. The molecule has 1 fully saturated rings. The fourth-order valence-corrected chi connectivity index (χ4v) is 5.53. The molecule has 12 heteroatoms. The SMILES string of the molecule is CN(c1ccc(-c2cc3ccc(OS(=O)(=O)C(F)(F)F)cc3cc2O)nn1)C1CC(C)(C)NC(C)(C)C1. The predicted molar refractivity (Wildman–Crippen MR) is 135 cm³/mol. The van der Waals surface area contributed by atoms with E-state index in [0.29, 0.717) is 22.5 Å². The van der Waals surface area contributed by atoms with Crippen molar-refractivity contribution >= 4 is 26.7 Å². The van der Waals surface area contributed by atoms with E-state index in [0.717, 1.165) is 25.0 Å². The van der Waals surface area contributed by atoms with Gasteiger partial charge in [0.15, 0.2) is 5.82 Å². The second-order valence-corrected chi connectivity index (χ2v) is 12.2. The topological polar surface area (TPSA) is 105 Å². The average molecular weight is 539 g/mol. The molecule has 1 saturated heterocycles. The quantitative estimate of drug-likeness (QED) is 0.346. The highest BCUT2D eigenvalue weighted by atomic mass is 32.2. The lowest BCUT2D eigenvalue weighted by atomic mass is 9.79. The third-order valence-electron chi connectivity index (χ3n) is 6.42. The fourth-order valence-electron chi connectivity index (χ4n) is 5.08. The highest BCUT2D eigenvalue weighted by molar-refractivity contribution is 7.88. The van der Waals surface area contributed by atoms with Crippen LogP contribution in [0.25, 0.3) is 22.0 Å². The first-order chi connectivity index (χ1) is 17.0. The van der Waals surface area contributed by atoms with E-state index in [9.17, 15) is 26.7 Å². The predicted octanol–water partition coefficient (Wildman–Crippen LogP) is 4.98. The van der Waals surface area contributed by atoms with Crippen LogP contribution in [-0.2, 0) is 10.1 Å². The molecule has 0 unspecified atom stereocenters. The van der Waals surface area contributed by atoms with Crippen molar-refractivity contribution in [2.24, 2.45) is 0 Å². The van der Waals surface area contributed by atoms with Crippen LogP contribution in [0.15, 0.2) is 42.5 Å². The standard InChI is InChI=1S/C25H29F3N4O4S/c1-23(2)13-17(14-24(3,4)31-23)32(5)22-9-8-20(29-30-22)19-11-15-6-7-18(10-16(15)12-21(19)33)36-37(34,35)25(26,27)28/h6-12,17,31,33H,13-14H2,1-5H3. The molecule has 8 nitrogen and oxygen atoms in total. The summed E-state index contributed by atoms with van der Waals surface area (Å²) in [6, 6.07) is 10.3. The van der Waals surface area contributed by atoms with Gasteiger partial charge in [0, 0.05) is 29.7 Å². The number of nitrogens with zero attached hydrogens (tertiary/aromatic N) is 3. The first-order valence-corrected chi connectivity index (χ1v) is 13.0. The van der Waals surface area contributed by atoms with E-state index in [1.807, 2.05) is 13.1 Å². The van der Waals surface area contributed by atoms with Gasteiger partial charge < -0.3 is 19.5 Å². The minimum Gasteiger partial charge on any atom is -0.507 e. The number of rotatable bonds is 5. The third kappa shape index (κ3) is 5.74. The third-order valence-corrected chi connectivity index (χ3v) is 7.40. The molecule has 0 amide bonds. The Morgan fingerprint density at radius 1 is 1.00 bits per heavy atom. The van der Waals surface area contributed by atoms with Crippen molar-refractivity contribution in [1.29, 1.82) is 0 Å². The Balaban J connectivity index is 1.58. The largest absolute Gasteiger partial charge is 0.534 e. The van der Waals surface area contributed by atoms with Crippen molar-refractivity contribution in [3.8, 4) is 22.8 Å². The van der Waals surface area contributed by atoms with Gasteiger partial charge in [-0.15, -0.1) is 10.2 Å². The number of phenols is 1. The molecule has 0 saturated carbocycles. The van der Waals surface area contributed by atoms with Gasteiger partial charge in [0.2, 0.25) is 0 Å². The lowest BCUT2D eigenvalue weighted by Gasteiger charge is -2.49. The summed E-state index contributed by atoms with van der Waals surface area (Å²) in [6.07, 6.45) is 1.86. The Morgan fingerprint density at radius 3 is 2.22 bits per heavy atom. The first kappa shape index (κ1) is 26.9. The number of anilines is 1. The van der Waals surface area contributed by atoms with E-state index in [1.165, 1.54) is 12.1 Å². The normalized spacial score (nSPS) is 18.1. The van der Waals surface area contributed by atoms with Gasteiger partial charge in [-0.25, -0.2) is 0 Å². The highest BCUT2D eigenvalue weighted by Gasteiger charge is 2.48. The molecule has 1 aromatic heterocycles. The number of nitrogens with one attached hydrogen (secondary N) is 1. The van der Waals surface area contributed by atoms with E-state index in [4.69, 9.17) is 0 Å². The van der Waals surface area contributed by atoms with E-state index in [-0.39, 0.29) is 28.3 Å². The molecule has 200 valence electrons. The zero-order chi connectivity index (χ0) is 27.4. The summed E-state index contributed by atoms with van der Waals surface area (Å²) in [5, 5.41) is 23.8. The zero-order valence-electron chi connectivity index (χ0n) is 21.1. The number of benzene rings is 2. The number of aromatic hydroxyl groups is 1. The lowest BCUT2D eigenvalue weighted by Crippen LogP contribution is -2.62. The van der Waals surface area contributed by atoms with Gasteiger partial charge in [0.25, 0.3) is 0 Å². The van der Waals surface area contributed by atoms with Crippen LogP contribution in [0.2, 0.25) is 0 Å². The minimum atomic E-state index is -5.80. The molecule has 2 heterocycles. The molecule has 2 N–H and O–H groups in total. The molecule has 37 heavy (non-hydrogen) atoms. The molecule has 1 aliphatic rings. The van der Waals surface area contributed by atoms with E-state index in [1.54, 1.807) is 12.1 Å². The molecule has 0 atom stereocenters. The van der Waals surface area contributed by atoms with Gasteiger partial charge in [-0.2, -0.15) is 21.6 Å². The maximum atomic E-state index is 12.6. The Kier molecular flexibility index (Phi) is 6.56. The van der Waals surface area contributed by atoms with Crippen LogP contribution in [0, 0.1) is 0 Å². The van der Waals surface area contributed by atoms with Gasteiger partial charge in [0.1, 0.15) is 11.5 Å². The van der Waals surface area contributed by atoms with Gasteiger partial charge in [-0.05, 0) is 87.7 Å². The van der Waals surface area contributed by atoms with Crippen LogP contribution in [0.3, 0.4) is 0 Å². The highest BCUT2D eigenvalue weighted by Crippen LogP contribution is 2.36. The van der Waals surface area contributed by atoms with Gasteiger partial charge >= 0.3 is 15.6 Å². The number of hydrogen-bond donors (Lipinski definition) is 2. The molecule has 3 aromatic rings. The maximum Gasteiger partial charge on any atom is 0.534 e. The molecule has 0 spiro atoms. The number of aromatic nitrogens is 2. The zero-order valence-corrected chi connectivity index (χ0v) is 21.9. The van der Waals surface area contributed by atoms with E-state index in [2.05, 4.69) is 52.3 Å². The number of hydrogen-bond acceptors (Lipinski definition) is 8. The van der Waals surface area contributed by atoms with Crippen molar-refractivity contribution in [2.75, 3.05) is 11.9 Å². The monoisotopic (exact) mass is 538 g/mol. The van der Waals surface area contributed by atoms with Gasteiger partial charge in [-0.3, -0.25) is 0 Å². The summed E-state index contributed by atoms with van der Waals surface area (Å²) in [6.45, 7) is 8.71. The van der Waals surface area contributed by atoms with Crippen LogP contribution in [-0.4, -0.2) is 53.4 Å². The van der Waals surface area contributed by atoms with E-state index >= 15 is 0 Å². The maximum absolute atomic E-state index is 12.6. The van der Waals surface area contributed by atoms with Crippen LogP contribution in [0.1, 0.15) is 40.5 Å². The molecule has 0 bridgehead atoms. The summed E-state index contributed by atoms with van der Waals surface area (Å²) < 4.78 is 64.6. The summed E-state index contributed by atoms with van der Waals surface area (Å²) in [5.41, 5.74) is -4.84. The average Bonchev–Trinajstić information content (AvgIpc) is 2.75. The summed E-state index contributed by atoms with van der Waals surface area (Å²) in [4.78, 5) is 2.11. The molecular formula is C25H29F3N4O4S. The lowest BCUT2D eigenvalue weighted by molar-refractivity contribution is -0.0500. The molecule has 1 aliphatic heterocycles. The molecule has 0 radical (unpaired) electrons. The number of piperidine rings is 1. The first-order valence-electron chi connectivity index (χ1n) is 11.6. The van der Waals surface area contributed by atoms with Crippen LogP contribution in [0.4, 0.5) is 19.0 Å². The number of halogens is 3. The Morgan fingerprint density at radius 2 is 1.65 bits per heavy atom. The fraction of sp³-hybridized carbons (Fsp3) is 0.440. The Labute approximate surface area is 213 Å². The smallest absolute Gasteiger partial charge is 0.507 e. The number of alkyl halides is 3. The van der Waals surface area contributed by atoms with Crippen molar-refractivity contribution < 1.29 is 30.9 Å². The van der Waals surface area contributed by atoms with Gasteiger partial charge in [-0.1, -0.05) is 6.07 Å². The van der Waals surface area contributed by atoms with Crippen LogP contribution >= 0.6 is 0 Å². The van der Waals surface area contributed by atoms with Gasteiger partial charge in [0.05, 0.1) is 5.69 Å². The van der Waals surface area contributed by atoms with Crippen molar-refractivity contribution in [3.63, 3.8) is 0 Å². The summed E-state index contributed by atoms with van der Waals surface area (Å²) in [5.74, 6) is -0.0239. The molecule has 2 aromatic carbocycles. The minimum absolute atomic E-state index is 0.0350. The van der Waals surface area contributed by atoms with E-state index < -0.39 is 21.4 Å². The Bertz CT molecular complexity index is 1410.